The van der Waals surface area contributed by atoms with E-state index in [9.17, 15) is 4.79 Å². The van der Waals surface area contributed by atoms with Crippen LogP contribution in [0.15, 0.2) is 84.9 Å². The zero-order valence-corrected chi connectivity index (χ0v) is 13.6. The first-order chi connectivity index (χ1) is 11.7. The van der Waals surface area contributed by atoms with Crippen molar-refractivity contribution in [2.45, 2.75) is 11.8 Å². The minimum atomic E-state index is -0.659. The van der Waals surface area contributed by atoms with Crippen molar-refractivity contribution in [3.63, 3.8) is 0 Å². The normalized spacial score (nSPS) is 19.4. The summed E-state index contributed by atoms with van der Waals surface area (Å²) in [6.07, 6.45) is 0.665. The first-order valence-corrected chi connectivity index (χ1v) is 8.20. The number of carbonyl (C=O) groups excluding carboxylic acids is 1. The Bertz CT molecular complexity index is 873. The number of amides is 1. The second-order valence-corrected chi connectivity index (χ2v) is 6.32. The summed E-state index contributed by atoms with van der Waals surface area (Å²) in [6.45, 7) is 0. The molecular formula is C22H19NO. The molecule has 0 fully saturated rings. The van der Waals surface area contributed by atoms with Gasteiger partial charge in [0, 0.05) is 12.7 Å². The average Bonchev–Trinajstić information content (AvgIpc) is 2.86. The molecule has 0 aromatic heterocycles. The number of hydrogen-bond acceptors (Lipinski definition) is 1. The van der Waals surface area contributed by atoms with Crippen LogP contribution in [0, 0.1) is 0 Å². The van der Waals surface area contributed by atoms with Crippen LogP contribution in [-0.2, 0) is 16.6 Å². The fourth-order valence-electron chi connectivity index (χ4n) is 3.81. The molecule has 1 atom stereocenters. The average molecular weight is 313 g/mol. The van der Waals surface area contributed by atoms with Gasteiger partial charge < -0.3 is 4.90 Å². The first kappa shape index (κ1) is 14.7. The fraction of sp³-hybridized carbons (Fsp3) is 0.136. The molecule has 3 aromatic carbocycles. The Kier molecular flexibility index (Phi) is 3.46. The molecule has 24 heavy (non-hydrogen) atoms. The molecule has 3 aromatic rings. The van der Waals surface area contributed by atoms with Crippen molar-refractivity contribution in [2.75, 3.05) is 11.9 Å². The lowest BCUT2D eigenvalue weighted by Crippen LogP contribution is -2.41. The second-order valence-electron chi connectivity index (χ2n) is 6.32. The van der Waals surface area contributed by atoms with Gasteiger partial charge in [-0.05, 0) is 29.2 Å². The number of carbonyl (C=O) groups is 1. The molecule has 1 amide bonds. The lowest BCUT2D eigenvalue weighted by atomic mass is 9.71. The molecule has 0 radical (unpaired) electrons. The first-order valence-electron chi connectivity index (χ1n) is 8.20. The van der Waals surface area contributed by atoms with Crippen LogP contribution in [0.1, 0.15) is 16.7 Å². The molecule has 0 spiro atoms. The molecule has 0 unspecified atom stereocenters. The SMILES string of the molecule is CN1C(=O)[C@](Cc2ccccc2)(c2ccccc2)c2ccccc21. The van der Waals surface area contributed by atoms with Gasteiger partial charge in [-0.2, -0.15) is 0 Å². The molecule has 0 aliphatic carbocycles. The largest absolute Gasteiger partial charge is 0.314 e. The quantitative estimate of drug-likeness (QED) is 0.710. The van der Waals surface area contributed by atoms with Crippen molar-refractivity contribution in [2.24, 2.45) is 0 Å². The summed E-state index contributed by atoms with van der Waals surface area (Å²) in [5.74, 6) is 0.138. The topological polar surface area (TPSA) is 20.3 Å². The van der Waals surface area contributed by atoms with Crippen molar-refractivity contribution < 1.29 is 4.79 Å². The Morgan fingerprint density at radius 2 is 1.38 bits per heavy atom. The van der Waals surface area contributed by atoms with E-state index in [0.29, 0.717) is 6.42 Å². The van der Waals surface area contributed by atoms with Crippen LogP contribution in [0.5, 0.6) is 0 Å². The Morgan fingerprint density at radius 1 is 0.792 bits per heavy atom. The Hall–Kier alpha value is -2.87. The van der Waals surface area contributed by atoms with E-state index in [1.807, 2.05) is 61.6 Å². The smallest absolute Gasteiger partial charge is 0.242 e. The van der Waals surface area contributed by atoms with Crippen molar-refractivity contribution in [1.29, 1.82) is 0 Å². The van der Waals surface area contributed by atoms with E-state index in [4.69, 9.17) is 0 Å². The van der Waals surface area contributed by atoms with Gasteiger partial charge in [-0.15, -0.1) is 0 Å². The van der Waals surface area contributed by atoms with Crippen molar-refractivity contribution in [1.82, 2.24) is 0 Å². The molecule has 0 saturated carbocycles. The molecule has 1 aliphatic rings. The van der Waals surface area contributed by atoms with Crippen molar-refractivity contribution in [3.05, 3.63) is 102 Å². The van der Waals surface area contributed by atoms with Crippen LogP contribution in [0.4, 0.5) is 5.69 Å². The Balaban J connectivity index is 1.97. The lowest BCUT2D eigenvalue weighted by molar-refractivity contribution is -0.121. The molecular weight excluding hydrogens is 294 g/mol. The van der Waals surface area contributed by atoms with Crippen molar-refractivity contribution in [3.8, 4) is 0 Å². The van der Waals surface area contributed by atoms with E-state index >= 15 is 0 Å². The molecule has 0 saturated heterocycles. The van der Waals surface area contributed by atoms with E-state index in [-0.39, 0.29) is 5.91 Å². The van der Waals surface area contributed by atoms with E-state index in [2.05, 4.69) is 30.3 Å². The molecule has 0 bridgehead atoms. The predicted octanol–water partition coefficient (Wildman–Crippen LogP) is 4.19. The number of hydrogen-bond donors (Lipinski definition) is 0. The van der Waals surface area contributed by atoms with Gasteiger partial charge in [0.15, 0.2) is 0 Å². The van der Waals surface area contributed by atoms with Gasteiger partial charge in [0.1, 0.15) is 5.41 Å². The lowest BCUT2D eigenvalue weighted by Gasteiger charge is -2.29. The molecule has 118 valence electrons. The highest BCUT2D eigenvalue weighted by atomic mass is 16.2. The van der Waals surface area contributed by atoms with E-state index < -0.39 is 5.41 Å². The number of likely N-dealkylation sites (N-methyl/N-ethyl adjacent to an activating group) is 1. The maximum atomic E-state index is 13.4. The molecule has 0 N–H and O–H groups in total. The van der Waals surface area contributed by atoms with Gasteiger partial charge in [-0.25, -0.2) is 0 Å². The summed E-state index contributed by atoms with van der Waals surface area (Å²) in [7, 11) is 1.87. The Morgan fingerprint density at radius 3 is 2.08 bits per heavy atom. The number of benzene rings is 3. The molecule has 4 rings (SSSR count). The third-order valence-corrected chi connectivity index (χ3v) is 4.97. The number of para-hydroxylation sites is 1. The van der Waals surface area contributed by atoms with Crippen LogP contribution < -0.4 is 4.90 Å². The minimum absolute atomic E-state index is 0.138. The third-order valence-electron chi connectivity index (χ3n) is 4.97. The fourth-order valence-corrected chi connectivity index (χ4v) is 3.81. The third kappa shape index (κ3) is 2.07. The molecule has 1 heterocycles. The van der Waals surface area contributed by atoms with Crippen LogP contribution in [0.3, 0.4) is 0 Å². The van der Waals surface area contributed by atoms with E-state index in [0.717, 1.165) is 16.8 Å². The molecule has 1 aliphatic heterocycles. The van der Waals surface area contributed by atoms with Gasteiger partial charge in [0.2, 0.25) is 5.91 Å². The minimum Gasteiger partial charge on any atom is -0.314 e. The monoisotopic (exact) mass is 313 g/mol. The highest BCUT2D eigenvalue weighted by Gasteiger charge is 2.50. The second kappa shape index (κ2) is 5.64. The zero-order chi connectivity index (χ0) is 16.6. The number of fused-ring (bicyclic) bond motifs is 1. The summed E-state index contributed by atoms with van der Waals surface area (Å²) in [5.41, 5.74) is 3.65. The highest BCUT2D eigenvalue weighted by Crippen LogP contribution is 2.47. The van der Waals surface area contributed by atoms with Gasteiger partial charge >= 0.3 is 0 Å². The summed E-state index contributed by atoms with van der Waals surface area (Å²) >= 11 is 0. The predicted molar refractivity (Wildman–Crippen MR) is 97.2 cm³/mol. The number of nitrogens with zero attached hydrogens (tertiary/aromatic N) is 1. The van der Waals surface area contributed by atoms with Crippen LogP contribution in [0.2, 0.25) is 0 Å². The highest BCUT2D eigenvalue weighted by molar-refractivity contribution is 6.10. The van der Waals surface area contributed by atoms with E-state index in [1.165, 1.54) is 5.56 Å². The van der Waals surface area contributed by atoms with Crippen LogP contribution >= 0.6 is 0 Å². The summed E-state index contributed by atoms with van der Waals surface area (Å²) in [6, 6.07) is 28.5. The van der Waals surface area contributed by atoms with E-state index in [1.54, 1.807) is 4.90 Å². The van der Waals surface area contributed by atoms with Gasteiger partial charge in [-0.3, -0.25) is 4.79 Å². The van der Waals surface area contributed by atoms with Gasteiger partial charge in [0.05, 0.1) is 0 Å². The van der Waals surface area contributed by atoms with Crippen LogP contribution in [-0.4, -0.2) is 13.0 Å². The standard InChI is InChI=1S/C22H19NO/c1-23-20-15-9-8-14-19(20)22(21(23)24,18-12-6-3-7-13-18)16-17-10-4-2-5-11-17/h2-15H,16H2,1H3/t22-/m1/s1. The van der Waals surface area contributed by atoms with Crippen molar-refractivity contribution >= 4 is 11.6 Å². The zero-order valence-electron chi connectivity index (χ0n) is 13.6. The summed E-state index contributed by atoms with van der Waals surface area (Å²) in [4.78, 5) is 15.2. The molecule has 2 heteroatoms. The van der Waals surface area contributed by atoms with Crippen LogP contribution in [0.25, 0.3) is 0 Å². The number of anilines is 1. The summed E-state index contributed by atoms with van der Waals surface area (Å²) in [5, 5.41) is 0. The van der Waals surface area contributed by atoms with Gasteiger partial charge in [-0.1, -0.05) is 78.9 Å². The maximum absolute atomic E-state index is 13.4. The molecule has 2 nitrogen and oxygen atoms in total. The number of rotatable bonds is 3. The Labute approximate surface area is 142 Å². The van der Waals surface area contributed by atoms with Gasteiger partial charge in [0.25, 0.3) is 0 Å². The summed E-state index contributed by atoms with van der Waals surface area (Å²) < 4.78 is 0. The maximum Gasteiger partial charge on any atom is 0.242 e.